The largest absolute Gasteiger partial charge is 0.218 e. The molecule has 0 bridgehead atoms. The van der Waals surface area contributed by atoms with Crippen molar-refractivity contribution in [1.82, 2.24) is 4.31 Å². The van der Waals surface area contributed by atoms with Crippen LogP contribution in [0.2, 0.25) is 0 Å². The van der Waals surface area contributed by atoms with Crippen molar-refractivity contribution >= 4 is 10.0 Å². The first-order valence-electron chi connectivity index (χ1n) is 6.42. The third-order valence-electron chi connectivity index (χ3n) is 2.98. The summed E-state index contributed by atoms with van der Waals surface area (Å²) in [6.45, 7) is 2.65. The van der Waals surface area contributed by atoms with Crippen LogP contribution in [0.15, 0.2) is 24.3 Å². The SMILES string of the molecule is CCCCCN(C)S(=O)(=O)Cc1ccc(C#N)cc1. The van der Waals surface area contributed by atoms with E-state index in [1.165, 1.54) is 4.31 Å². The maximum Gasteiger partial charge on any atom is 0.218 e. The van der Waals surface area contributed by atoms with Gasteiger partial charge in [0.15, 0.2) is 0 Å². The smallest absolute Gasteiger partial charge is 0.212 e. The van der Waals surface area contributed by atoms with Gasteiger partial charge in [0.05, 0.1) is 17.4 Å². The lowest BCUT2D eigenvalue weighted by Gasteiger charge is -2.17. The Morgan fingerprint density at radius 2 is 1.84 bits per heavy atom. The van der Waals surface area contributed by atoms with Gasteiger partial charge < -0.3 is 0 Å². The van der Waals surface area contributed by atoms with E-state index in [0.29, 0.717) is 17.7 Å². The molecule has 1 aromatic carbocycles. The van der Waals surface area contributed by atoms with Gasteiger partial charge in [-0.25, -0.2) is 12.7 Å². The van der Waals surface area contributed by atoms with E-state index < -0.39 is 10.0 Å². The number of nitrogens with zero attached hydrogens (tertiary/aromatic N) is 2. The Hall–Kier alpha value is -1.38. The summed E-state index contributed by atoms with van der Waals surface area (Å²) in [5.74, 6) is -0.0126. The summed E-state index contributed by atoms with van der Waals surface area (Å²) < 4.78 is 25.6. The topological polar surface area (TPSA) is 61.2 Å². The number of hydrogen-bond donors (Lipinski definition) is 0. The van der Waals surface area contributed by atoms with Gasteiger partial charge in [-0.1, -0.05) is 31.9 Å². The number of sulfonamides is 1. The molecule has 0 saturated carbocycles. The first kappa shape index (κ1) is 15.7. The number of nitriles is 1. The molecule has 104 valence electrons. The van der Waals surface area contributed by atoms with E-state index in [4.69, 9.17) is 5.26 Å². The van der Waals surface area contributed by atoms with Gasteiger partial charge in [0.25, 0.3) is 0 Å². The van der Waals surface area contributed by atoms with Crippen molar-refractivity contribution < 1.29 is 8.42 Å². The zero-order valence-electron chi connectivity index (χ0n) is 11.5. The highest BCUT2D eigenvalue weighted by Crippen LogP contribution is 2.11. The van der Waals surface area contributed by atoms with Crippen LogP contribution < -0.4 is 0 Å². The third-order valence-corrected chi connectivity index (χ3v) is 4.81. The van der Waals surface area contributed by atoms with E-state index in [1.54, 1.807) is 31.3 Å². The van der Waals surface area contributed by atoms with Crippen LogP contribution in [0.4, 0.5) is 0 Å². The predicted molar refractivity (Wildman–Crippen MR) is 75.9 cm³/mol. The minimum absolute atomic E-state index is 0.0126. The number of unbranched alkanes of at least 4 members (excludes halogenated alkanes) is 2. The highest BCUT2D eigenvalue weighted by molar-refractivity contribution is 7.88. The monoisotopic (exact) mass is 280 g/mol. The lowest BCUT2D eigenvalue weighted by molar-refractivity contribution is 0.453. The van der Waals surface area contributed by atoms with Crippen LogP contribution in [-0.2, 0) is 15.8 Å². The van der Waals surface area contributed by atoms with Gasteiger partial charge >= 0.3 is 0 Å². The molecule has 0 saturated heterocycles. The Morgan fingerprint density at radius 3 is 2.37 bits per heavy atom. The van der Waals surface area contributed by atoms with Crippen LogP contribution in [0.3, 0.4) is 0 Å². The lowest BCUT2D eigenvalue weighted by atomic mass is 10.2. The average Bonchev–Trinajstić information content (AvgIpc) is 2.39. The van der Waals surface area contributed by atoms with Crippen molar-refractivity contribution in [3.05, 3.63) is 35.4 Å². The van der Waals surface area contributed by atoms with Gasteiger partial charge in [0.2, 0.25) is 10.0 Å². The average molecular weight is 280 g/mol. The standard InChI is InChI=1S/C14H20N2O2S/c1-3-4-5-10-16(2)19(17,18)12-14-8-6-13(11-15)7-9-14/h6-9H,3-5,10,12H2,1-2H3. The Labute approximate surface area is 115 Å². The fraction of sp³-hybridized carbons (Fsp3) is 0.500. The molecule has 4 nitrogen and oxygen atoms in total. The summed E-state index contributed by atoms with van der Waals surface area (Å²) in [6.07, 6.45) is 3.00. The number of hydrogen-bond acceptors (Lipinski definition) is 3. The van der Waals surface area contributed by atoms with E-state index in [0.717, 1.165) is 19.3 Å². The summed E-state index contributed by atoms with van der Waals surface area (Å²) in [4.78, 5) is 0. The Morgan fingerprint density at radius 1 is 1.21 bits per heavy atom. The second-order valence-corrected chi connectivity index (χ2v) is 6.67. The highest BCUT2D eigenvalue weighted by Gasteiger charge is 2.17. The molecule has 0 amide bonds. The molecule has 0 unspecified atom stereocenters. The maximum atomic E-state index is 12.1. The normalized spacial score (nSPS) is 11.5. The molecule has 0 aliphatic rings. The van der Waals surface area contributed by atoms with Crippen molar-refractivity contribution in [2.24, 2.45) is 0 Å². The summed E-state index contributed by atoms with van der Waals surface area (Å²) in [7, 11) is -1.64. The first-order valence-corrected chi connectivity index (χ1v) is 8.03. The van der Waals surface area contributed by atoms with Gasteiger partial charge in [-0.3, -0.25) is 0 Å². The molecule has 0 spiro atoms. The second kappa shape index (κ2) is 7.27. The molecule has 0 atom stereocenters. The predicted octanol–water partition coefficient (Wildman–Crippen LogP) is 2.51. The summed E-state index contributed by atoms with van der Waals surface area (Å²) >= 11 is 0. The Bertz CT molecular complexity index is 530. The van der Waals surface area contributed by atoms with E-state index in [-0.39, 0.29) is 5.75 Å². The molecule has 0 N–H and O–H groups in total. The molecule has 0 aliphatic carbocycles. The maximum absolute atomic E-state index is 12.1. The fourth-order valence-corrected chi connectivity index (χ4v) is 2.96. The van der Waals surface area contributed by atoms with Crippen molar-refractivity contribution in [2.75, 3.05) is 13.6 Å². The number of benzene rings is 1. The molecule has 5 heteroatoms. The van der Waals surface area contributed by atoms with Crippen LogP contribution >= 0.6 is 0 Å². The summed E-state index contributed by atoms with van der Waals surface area (Å²) in [5.41, 5.74) is 1.25. The minimum atomic E-state index is -3.26. The molecule has 0 fully saturated rings. The summed E-state index contributed by atoms with van der Waals surface area (Å²) in [6, 6.07) is 8.68. The van der Waals surface area contributed by atoms with Crippen molar-refractivity contribution in [2.45, 2.75) is 31.9 Å². The highest BCUT2D eigenvalue weighted by atomic mass is 32.2. The lowest BCUT2D eigenvalue weighted by Crippen LogP contribution is -2.29. The minimum Gasteiger partial charge on any atom is -0.212 e. The molecule has 0 heterocycles. The van der Waals surface area contributed by atoms with Crippen LogP contribution in [0, 0.1) is 11.3 Å². The zero-order chi connectivity index (χ0) is 14.3. The quantitative estimate of drug-likeness (QED) is 0.721. The van der Waals surface area contributed by atoms with Crippen molar-refractivity contribution in [3.8, 4) is 6.07 Å². The van der Waals surface area contributed by atoms with Crippen LogP contribution in [0.1, 0.15) is 37.3 Å². The van der Waals surface area contributed by atoms with Gasteiger partial charge in [-0.15, -0.1) is 0 Å². The van der Waals surface area contributed by atoms with E-state index in [1.807, 2.05) is 6.07 Å². The van der Waals surface area contributed by atoms with E-state index >= 15 is 0 Å². The van der Waals surface area contributed by atoms with Crippen molar-refractivity contribution in [3.63, 3.8) is 0 Å². The molecule has 0 radical (unpaired) electrons. The van der Waals surface area contributed by atoms with Gasteiger partial charge in [-0.2, -0.15) is 5.26 Å². The summed E-state index contributed by atoms with van der Waals surface area (Å²) in [5, 5.41) is 8.69. The van der Waals surface area contributed by atoms with Crippen molar-refractivity contribution in [1.29, 1.82) is 5.26 Å². The molecular weight excluding hydrogens is 260 g/mol. The molecular formula is C14H20N2O2S. The molecule has 1 rings (SSSR count). The van der Waals surface area contributed by atoms with Gasteiger partial charge in [0.1, 0.15) is 0 Å². The van der Waals surface area contributed by atoms with Gasteiger partial charge in [-0.05, 0) is 24.1 Å². The zero-order valence-corrected chi connectivity index (χ0v) is 12.3. The molecule has 0 aromatic heterocycles. The second-order valence-electron chi connectivity index (χ2n) is 4.59. The Balaban J connectivity index is 2.65. The van der Waals surface area contributed by atoms with Gasteiger partial charge in [0, 0.05) is 13.6 Å². The van der Waals surface area contributed by atoms with E-state index in [9.17, 15) is 8.42 Å². The van der Waals surface area contributed by atoms with Crippen LogP contribution in [0.5, 0.6) is 0 Å². The molecule has 1 aromatic rings. The van der Waals surface area contributed by atoms with Crippen LogP contribution in [0.25, 0.3) is 0 Å². The molecule has 0 aliphatic heterocycles. The fourth-order valence-electron chi connectivity index (χ4n) is 1.72. The molecule has 19 heavy (non-hydrogen) atoms. The van der Waals surface area contributed by atoms with E-state index in [2.05, 4.69) is 6.92 Å². The third kappa shape index (κ3) is 5.01. The number of rotatable bonds is 7. The van der Waals surface area contributed by atoms with Crippen LogP contribution in [-0.4, -0.2) is 26.3 Å². The Kier molecular flexibility index (Phi) is 6.00. The first-order chi connectivity index (χ1) is 8.99.